The molecule has 13 heavy (non-hydrogen) atoms. The molecule has 0 aliphatic heterocycles. The predicted octanol–water partition coefficient (Wildman–Crippen LogP) is 2.37. The van der Waals surface area contributed by atoms with Gasteiger partial charge in [-0.15, -0.1) is 0 Å². The number of aliphatic hydroxyl groups is 1. The van der Waals surface area contributed by atoms with Gasteiger partial charge in [-0.05, 0) is 13.3 Å². The highest BCUT2D eigenvalue weighted by molar-refractivity contribution is 7.19. The van der Waals surface area contributed by atoms with Gasteiger partial charge in [0, 0.05) is 0 Å². The van der Waals surface area contributed by atoms with Gasteiger partial charge in [0.25, 0.3) is 0 Å². The zero-order chi connectivity index (χ0) is 9.90. The highest BCUT2D eigenvalue weighted by Crippen LogP contribution is 2.26. The molecular weight excluding hydrogens is 208 g/mol. The molecule has 0 bridgehead atoms. The third-order valence-electron chi connectivity index (χ3n) is 2.02. The van der Waals surface area contributed by atoms with Gasteiger partial charge >= 0.3 is 0 Å². The van der Waals surface area contributed by atoms with Crippen LogP contribution in [0.3, 0.4) is 0 Å². The maximum Gasteiger partial charge on any atom is 0.184 e. The monoisotopic (exact) mass is 220 g/mol. The molecule has 3 nitrogen and oxygen atoms in total. The topological polar surface area (TPSA) is 45.1 Å². The van der Waals surface area contributed by atoms with Crippen LogP contribution in [-0.4, -0.2) is 22.2 Å². The minimum absolute atomic E-state index is 0.0840. The van der Waals surface area contributed by atoms with E-state index in [0.717, 1.165) is 11.6 Å². The van der Waals surface area contributed by atoms with Crippen molar-refractivity contribution in [2.45, 2.75) is 25.8 Å². The fourth-order valence-electron chi connectivity index (χ4n) is 0.810. The van der Waals surface area contributed by atoms with Crippen LogP contribution in [0, 0.1) is 0 Å². The Bertz CT molecular complexity index is 273. The summed E-state index contributed by atoms with van der Waals surface area (Å²) in [6.07, 6.45) is 2.43. The fourth-order valence-corrected chi connectivity index (χ4v) is 1.77. The summed E-state index contributed by atoms with van der Waals surface area (Å²) in [5, 5.41) is 13.0. The number of halogens is 1. The van der Waals surface area contributed by atoms with E-state index in [1.54, 1.807) is 6.20 Å². The molecule has 0 spiro atoms. The van der Waals surface area contributed by atoms with Crippen molar-refractivity contribution >= 4 is 28.1 Å². The molecular formula is C8H13ClN2OS. The van der Waals surface area contributed by atoms with Gasteiger partial charge < -0.3 is 10.4 Å². The number of aromatic nitrogens is 1. The smallest absolute Gasteiger partial charge is 0.184 e. The first-order valence-electron chi connectivity index (χ1n) is 4.10. The van der Waals surface area contributed by atoms with Crippen LogP contribution >= 0.6 is 22.9 Å². The average Bonchev–Trinajstić information content (AvgIpc) is 2.51. The Labute approximate surface area is 86.8 Å². The minimum atomic E-state index is -0.304. The van der Waals surface area contributed by atoms with E-state index in [4.69, 9.17) is 16.7 Å². The molecule has 1 aromatic rings. The van der Waals surface area contributed by atoms with Crippen molar-refractivity contribution in [1.29, 1.82) is 0 Å². The van der Waals surface area contributed by atoms with Crippen LogP contribution in [0.2, 0.25) is 4.34 Å². The van der Waals surface area contributed by atoms with Crippen LogP contribution in [0.15, 0.2) is 6.20 Å². The summed E-state index contributed by atoms with van der Waals surface area (Å²) in [5.41, 5.74) is -0.304. The van der Waals surface area contributed by atoms with Crippen molar-refractivity contribution in [3.63, 3.8) is 0 Å². The summed E-state index contributed by atoms with van der Waals surface area (Å²) in [6.45, 7) is 4.04. The number of anilines is 1. The molecule has 0 fully saturated rings. The van der Waals surface area contributed by atoms with E-state index in [9.17, 15) is 0 Å². The Kier molecular flexibility index (Phi) is 3.53. The zero-order valence-electron chi connectivity index (χ0n) is 7.67. The quantitative estimate of drug-likeness (QED) is 0.819. The van der Waals surface area contributed by atoms with E-state index in [0.29, 0.717) is 4.34 Å². The Balaban J connectivity index is 2.67. The van der Waals surface area contributed by atoms with E-state index < -0.39 is 0 Å². The van der Waals surface area contributed by atoms with Gasteiger partial charge in [0.05, 0.1) is 18.3 Å². The van der Waals surface area contributed by atoms with Gasteiger partial charge in [-0.1, -0.05) is 29.9 Å². The van der Waals surface area contributed by atoms with Gasteiger partial charge in [-0.2, -0.15) is 0 Å². The molecule has 0 aliphatic rings. The molecule has 0 aromatic carbocycles. The van der Waals surface area contributed by atoms with Gasteiger partial charge in [-0.3, -0.25) is 0 Å². The van der Waals surface area contributed by atoms with Gasteiger partial charge in [0.1, 0.15) is 4.34 Å². The van der Waals surface area contributed by atoms with Crippen molar-refractivity contribution in [3.8, 4) is 0 Å². The number of rotatable bonds is 4. The molecule has 1 unspecified atom stereocenters. The number of hydrogen-bond donors (Lipinski definition) is 2. The largest absolute Gasteiger partial charge is 0.394 e. The summed E-state index contributed by atoms with van der Waals surface area (Å²) >= 11 is 7.11. The summed E-state index contributed by atoms with van der Waals surface area (Å²) in [5.74, 6) is 0. The van der Waals surface area contributed by atoms with Crippen molar-refractivity contribution < 1.29 is 5.11 Å². The summed E-state index contributed by atoms with van der Waals surface area (Å²) in [6, 6.07) is 0. The van der Waals surface area contributed by atoms with Crippen molar-refractivity contribution in [1.82, 2.24) is 4.98 Å². The highest BCUT2D eigenvalue weighted by Gasteiger charge is 2.21. The molecule has 0 saturated carbocycles. The number of nitrogens with zero attached hydrogens (tertiary/aromatic N) is 1. The molecule has 1 atom stereocenters. The maximum atomic E-state index is 9.13. The van der Waals surface area contributed by atoms with E-state index in [-0.39, 0.29) is 12.1 Å². The lowest BCUT2D eigenvalue weighted by Crippen LogP contribution is -2.37. The maximum absolute atomic E-state index is 9.13. The van der Waals surface area contributed by atoms with Crippen LogP contribution in [-0.2, 0) is 0 Å². The third kappa shape index (κ3) is 2.83. The van der Waals surface area contributed by atoms with Crippen molar-refractivity contribution in [2.24, 2.45) is 0 Å². The molecule has 0 amide bonds. The van der Waals surface area contributed by atoms with Gasteiger partial charge in [0.2, 0.25) is 0 Å². The highest BCUT2D eigenvalue weighted by atomic mass is 35.5. The molecule has 1 aromatic heterocycles. The second kappa shape index (κ2) is 4.26. The minimum Gasteiger partial charge on any atom is -0.394 e. The summed E-state index contributed by atoms with van der Waals surface area (Å²) in [4.78, 5) is 4.06. The Morgan fingerprint density at radius 1 is 1.77 bits per heavy atom. The molecule has 1 heterocycles. The Morgan fingerprint density at radius 3 is 2.85 bits per heavy atom. The van der Waals surface area contributed by atoms with E-state index in [1.807, 2.05) is 13.8 Å². The standard InChI is InChI=1S/C8H13ClN2OS/c1-3-8(2,5-12)11-7-10-4-6(9)13-7/h4,12H,3,5H2,1-2H3,(H,10,11). The normalized spacial score (nSPS) is 15.4. The Morgan fingerprint density at radius 2 is 2.46 bits per heavy atom. The van der Waals surface area contributed by atoms with Crippen LogP contribution in [0.5, 0.6) is 0 Å². The zero-order valence-corrected chi connectivity index (χ0v) is 9.24. The molecule has 0 aliphatic carbocycles. The molecule has 1 rings (SSSR count). The predicted molar refractivity (Wildman–Crippen MR) is 56.5 cm³/mol. The van der Waals surface area contributed by atoms with Crippen LogP contribution in [0.1, 0.15) is 20.3 Å². The summed E-state index contributed by atoms with van der Waals surface area (Å²) in [7, 11) is 0. The first-order valence-corrected chi connectivity index (χ1v) is 5.29. The van der Waals surface area contributed by atoms with Gasteiger partial charge in [0.15, 0.2) is 5.13 Å². The van der Waals surface area contributed by atoms with Crippen LogP contribution in [0.4, 0.5) is 5.13 Å². The number of nitrogens with one attached hydrogen (secondary N) is 1. The van der Waals surface area contributed by atoms with E-state index >= 15 is 0 Å². The third-order valence-corrected chi connectivity index (χ3v) is 3.05. The second-order valence-corrected chi connectivity index (χ2v) is 4.83. The lowest BCUT2D eigenvalue weighted by atomic mass is 10.0. The molecule has 74 valence electrons. The van der Waals surface area contributed by atoms with E-state index in [2.05, 4.69) is 10.3 Å². The second-order valence-electron chi connectivity index (χ2n) is 3.17. The van der Waals surface area contributed by atoms with Crippen molar-refractivity contribution in [3.05, 3.63) is 10.5 Å². The lowest BCUT2D eigenvalue weighted by molar-refractivity contribution is 0.219. The summed E-state index contributed by atoms with van der Waals surface area (Å²) < 4.78 is 0.652. The first kappa shape index (κ1) is 10.8. The molecule has 2 N–H and O–H groups in total. The average molecular weight is 221 g/mol. The SMILES string of the molecule is CCC(C)(CO)Nc1ncc(Cl)s1. The van der Waals surface area contributed by atoms with Gasteiger partial charge in [-0.25, -0.2) is 4.98 Å². The number of thiazole rings is 1. The molecule has 5 heteroatoms. The Hall–Kier alpha value is -0.320. The number of aliphatic hydroxyl groups excluding tert-OH is 1. The fraction of sp³-hybridized carbons (Fsp3) is 0.625. The first-order chi connectivity index (χ1) is 6.09. The lowest BCUT2D eigenvalue weighted by Gasteiger charge is -2.26. The van der Waals surface area contributed by atoms with E-state index in [1.165, 1.54) is 11.3 Å². The molecule has 0 radical (unpaired) electrons. The van der Waals surface area contributed by atoms with Crippen LogP contribution in [0.25, 0.3) is 0 Å². The molecule has 0 saturated heterocycles. The van der Waals surface area contributed by atoms with Crippen LogP contribution < -0.4 is 5.32 Å². The van der Waals surface area contributed by atoms with Crippen molar-refractivity contribution in [2.75, 3.05) is 11.9 Å². The number of hydrogen-bond acceptors (Lipinski definition) is 4.